The summed E-state index contributed by atoms with van der Waals surface area (Å²) in [4.78, 5) is 2.43. The second kappa shape index (κ2) is 10.2. The summed E-state index contributed by atoms with van der Waals surface area (Å²) in [6.45, 7) is 2.14. The number of anilines is 3. The van der Waals surface area contributed by atoms with Crippen LogP contribution in [-0.4, -0.2) is 14.3 Å². The quantitative estimate of drug-likeness (QED) is 0.175. The van der Waals surface area contributed by atoms with Gasteiger partial charge in [0.25, 0.3) is 0 Å². The summed E-state index contributed by atoms with van der Waals surface area (Å²) >= 11 is -2.82. The van der Waals surface area contributed by atoms with Crippen LogP contribution in [-0.2, 0) is 0 Å². The molecule has 0 bridgehead atoms. The summed E-state index contributed by atoms with van der Waals surface area (Å²) in [5, 5.41) is 0. The van der Waals surface area contributed by atoms with E-state index in [1.807, 2.05) is 0 Å². The summed E-state index contributed by atoms with van der Waals surface area (Å²) in [5.41, 5.74) is 11.6. The van der Waals surface area contributed by atoms with E-state index in [4.69, 9.17) is 9.47 Å². The zero-order chi connectivity index (χ0) is 31.1. The third kappa shape index (κ3) is 4.00. The average molecular weight is 664 g/mol. The molecule has 0 fully saturated rings. The van der Waals surface area contributed by atoms with Crippen molar-refractivity contribution in [2.24, 2.45) is 0 Å². The van der Waals surface area contributed by atoms with Crippen molar-refractivity contribution >= 4 is 44.6 Å². The molecule has 10 rings (SSSR count). The van der Waals surface area contributed by atoms with E-state index in [2.05, 4.69) is 163 Å². The Morgan fingerprint density at radius 3 is 1.40 bits per heavy atom. The van der Waals surface area contributed by atoms with Crippen LogP contribution in [0.4, 0.5) is 17.1 Å². The summed E-state index contributed by atoms with van der Waals surface area (Å²) in [6, 6.07) is 54.4. The summed E-state index contributed by atoms with van der Waals surface area (Å²) in [7, 11) is 0. The standard InChI is InChI=1S/C43H29GeNO2/c1-27-17-19-32(20-18-27)45-35-23-21-33(29-13-7-3-8-14-29)42-39(35)44-40-36(45)24-22-34(30-15-9-4-10-16-30)43(40)47-38-26-31(25-37(46-42)41(38)44)28-11-5-2-6-12-28/h2-26,44H,1H3. The molecule has 0 radical (unpaired) electrons. The Kier molecular flexibility index (Phi) is 5.82. The van der Waals surface area contributed by atoms with Crippen molar-refractivity contribution in [3.8, 4) is 56.4 Å². The van der Waals surface area contributed by atoms with Gasteiger partial charge in [0.15, 0.2) is 0 Å². The molecule has 0 spiro atoms. The van der Waals surface area contributed by atoms with Crippen LogP contribution in [0.25, 0.3) is 33.4 Å². The fourth-order valence-corrected chi connectivity index (χ4v) is 15.4. The van der Waals surface area contributed by atoms with Crippen LogP contribution >= 0.6 is 0 Å². The first-order valence-electron chi connectivity index (χ1n) is 16.1. The van der Waals surface area contributed by atoms with E-state index in [9.17, 15) is 0 Å². The molecule has 0 saturated carbocycles. The van der Waals surface area contributed by atoms with E-state index in [1.54, 1.807) is 0 Å². The molecule has 0 aromatic heterocycles. The number of aryl methyl sites for hydroxylation is 1. The maximum absolute atomic E-state index is 7.16. The molecule has 3 aliphatic rings. The molecular weight excluding hydrogens is 635 g/mol. The first-order chi connectivity index (χ1) is 23.2. The Labute approximate surface area is 278 Å². The van der Waals surface area contributed by atoms with Gasteiger partial charge in [-0.2, -0.15) is 0 Å². The second-order valence-electron chi connectivity index (χ2n) is 12.5. The zero-order valence-corrected chi connectivity index (χ0v) is 28.2. The van der Waals surface area contributed by atoms with Crippen molar-refractivity contribution in [2.75, 3.05) is 4.90 Å². The number of nitrogens with zero attached hydrogens (tertiary/aromatic N) is 1. The van der Waals surface area contributed by atoms with Gasteiger partial charge in [-0.3, -0.25) is 0 Å². The van der Waals surface area contributed by atoms with Gasteiger partial charge in [0.05, 0.1) is 0 Å². The molecule has 0 saturated heterocycles. The van der Waals surface area contributed by atoms with Gasteiger partial charge in [-0.05, 0) is 0 Å². The molecule has 3 heterocycles. The zero-order valence-electron chi connectivity index (χ0n) is 25.8. The fourth-order valence-electron chi connectivity index (χ4n) is 7.64. The number of benzene rings is 7. The molecule has 0 N–H and O–H groups in total. The van der Waals surface area contributed by atoms with Gasteiger partial charge < -0.3 is 0 Å². The van der Waals surface area contributed by atoms with Gasteiger partial charge in [-0.1, -0.05) is 0 Å². The summed E-state index contributed by atoms with van der Waals surface area (Å²) < 4.78 is 18.3. The minimum atomic E-state index is -2.82. The van der Waals surface area contributed by atoms with E-state index in [0.29, 0.717) is 0 Å². The molecule has 0 amide bonds. The third-order valence-electron chi connectivity index (χ3n) is 9.79. The van der Waals surface area contributed by atoms with Crippen LogP contribution in [0.2, 0.25) is 0 Å². The monoisotopic (exact) mass is 665 g/mol. The Hall–Kier alpha value is -5.52. The molecule has 3 nitrogen and oxygen atoms in total. The predicted molar refractivity (Wildman–Crippen MR) is 195 cm³/mol. The summed E-state index contributed by atoms with van der Waals surface area (Å²) in [6.07, 6.45) is 0. The van der Waals surface area contributed by atoms with E-state index in [1.165, 1.54) is 30.1 Å². The summed E-state index contributed by atoms with van der Waals surface area (Å²) in [5.74, 6) is 3.84. The van der Waals surface area contributed by atoms with E-state index in [-0.39, 0.29) is 0 Å². The molecule has 7 aromatic carbocycles. The molecule has 0 atom stereocenters. The molecule has 222 valence electrons. The van der Waals surface area contributed by atoms with Crippen LogP contribution in [0.15, 0.2) is 152 Å². The Morgan fingerprint density at radius 1 is 0.447 bits per heavy atom. The van der Waals surface area contributed by atoms with E-state index < -0.39 is 14.3 Å². The van der Waals surface area contributed by atoms with Crippen LogP contribution in [0.3, 0.4) is 0 Å². The van der Waals surface area contributed by atoms with Gasteiger partial charge in [-0.15, -0.1) is 0 Å². The number of hydrogen-bond acceptors (Lipinski definition) is 3. The van der Waals surface area contributed by atoms with Crippen LogP contribution in [0, 0.1) is 6.92 Å². The fraction of sp³-hybridized carbons (Fsp3) is 0.0233. The van der Waals surface area contributed by atoms with E-state index in [0.717, 1.165) is 62.1 Å². The Morgan fingerprint density at radius 2 is 0.915 bits per heavy atom. The van der Waals surface area contributed by atoms with Crippen LogP contribution in [0.5, 0.6) is 23.0 Å². The predicted octanol–water partition coefficient (Wildman–Crippen LogP) is 9.24. The van der Waals surface area contributed by atoms with Gasteiger partial charge >= 0.3 is 279 Å². The van der Waals surface area contributed by atoms with Crippen molar-refractivity contribution in [1.82, 2.24) is 0 Å². The number of ether oxygens (including phenoxy) is 2. The number of rotatable bonds is 4. The van der Waals surface area contributed by atoms with Crippen LogP contribution < -0.4 is 27.6 Å². The molecule has 47 heavy (non-hydrogen) atoms. The second-order valence-corrected chi connectivity index (χ2v) is 18.0. The SMILES string of the molecule is Cc1ccc(N2c3ccc(-c4ccccc4)c4[c]3[GeH]3[c]5c(cc(-c6ccccc6)cc5Oc5c(-c6ccccc6)ccc2[c]53)O4)cc1. The van der Waals surface area contributed by atoms with Gasteiger partial charge in [-0.25, -0.2) is 0 Å². The molecule has 0 unspecified atom stereocenters. The molecular formula is C43H29GeNO2. The van der Waals surface area contributed by atoms with Gasteiger partial charge in [0, 0.05) is 0 Å². The van der Waals surface area contributed by atoms with Gasteiger partial charge in [0.1, 0.15) is 0 Å². The van der Waals surface area contributed by atoms with E-state index >= 15 is 0 Å². The van der Waals surface area contributed by atoms with Crippen molar-refractivity contribution in [3.63, 3.8) is 0 Å². The number of hydrogen-bond donors (Lipinski definition) is 0. The topological polar surface area (TPSA) is 21.7 Å². The first-order valence-corrected chi connectivity index (χ1v) is 19.8. The molecule has 3 aliphatic heterocycles. The first kappa shape index (κ1) is 26.7. The minimum absolute atomic E-state index is 0.929. The van der Waals surface area contributed by atoms with Crippen molar-refractivity contribution in [3.05, 3.63) is 157 Å². The maximum atomic E-state index is 7.16. The Bertz CT molecular complexity index is 2230. The normalized spacial score (nSPS) is 13.4. The molecule has 0 aliphatic carbocycles. The van der Waals surface area contributed by atoms with Crippen LogP contribution in [0.1, 0.15) is 5.56 Å². The third-order valence-corrected chi connectivity index (χ3v) is 17.0. The van der Waals surface area contributed by atoms with Crippen molar-refractivity contribution in [1.29, 1.82) is 0 Å². The Balaban J connectivity index is 1.32. The van der Waals surface area contributed by atoms with Crippen molar-refractivity contribution < 1.29 is 9.47 Å². The average Bonchev–Trinajstić information content (AvgIpc) is 3.13. The van der Waals surface area contributed by atoms with Crippen molar-refractivity contribution in [2.45, 2.75) is 6.92 Å². The molecule has 7 aromatic rings. The van der Waals surface area contributed by atoms with Gasteiger partial charge in [0.2, 0.25) is 0 Å². The molecule has 4 heteroatoms.